The molecule has 0 atom stereocenters. The van der Waals surface area contributed by atoms with Gasteiger partial charge in [-0.3, -0.25) is 0 Å². The third kappa shape index (κ3) is 1.51. The Hall–Kier alpha value is -0.880. The third-order valence-corrected chi connectivity index (χ3v) is 1.82. The lowest BCUT2D eigenvalue weighted by Gasteiger charge is -1.93. The summed E-state index contributed by atoms with van der Waals surface area (Å²) in [6.45, 7) is 1.96. The van der Waals surface area contributed by atoms with Crippen LogP contribution >= 0.6 is 11.8 Å². The SMILES string of the molecule is CC1=CS/C(=C\C#N)N1. The molecule has 0 aromatic heterocycles. The molecule has 1 heterocycles. The zero-order chi connectivity index (χ0) is 6.69. The van der Waals surface area contributed by atoms with Gasteiger partial charge in [0.05, 0.1) is 11.1 Å². The highest BCUT2D eigenvalue weighted by atomic mass is 32.2. The molecule has 2 nitrogen and oxygen atoms in total. The van der Waals surface area contributed by atoms with Gasteiger partial charge in [-0.25, -0.2) is 0 Å². The normalized spacial score (nSPS) is 20.9. The van der Waals surface area contributed by atoms with Gasteiger partial charge in [-0.2, -0.15) is 5.26 Å². The molecule has 3 heteroatoms. The summed E-state index contributed by atoms with van der Waals surface area (Å²) in [5, 5.41) is 14.1. The molecular formula is C6H6N2S. The van der Waals surface area contributed by atoms with E-state index in [9.17, 15) is 0 Å². The molecule has 0 unspecified atom stereocenters. The monoisotopic (exact) mass is 138 g/mol. The Morgan fingerprint density at radius 2 is 2.67 bits per heavy atom. The van der Waals surface area contributed by atoms with Crippen LogP contribution in [0.4, 0.5) is 0 Å². The number of hydrogen-bond donors (Lipinski definition) is 1. The molecule has 1 rings (SSSR count). The second-order valence-corrected chi connectivity index (χ2v) is 2.59. The maximum absolute atomic E-state index is 8.21. The van der Waals surface area contributed by atoms with Gasteiger partial charge in [0.25, 0.3) is 0 Å². The van der Waals surface area contributed by atoms with Gasteiger partial charge >= 0.3 is 0 Å². The summed E-state index contributed by atoms with van der Waals surface area (Å²) < 4.78 is 0. The van der Waals surface area contributed by atoms with Gasteiger partial charge in [0, 0.05) is 11.8 Å². The first-order valence-electron chi connectivity index (χ1n) is 2.53. The fourth-order valence-electron chi connectivity index (χ4n) is 0.534. The maximum Gasteiger partial charge on any atom is 0.0939 e. The summed E-state index contributed by atoms with van der Waals surface area (Å²) in [5.41, 5.74) is 1.10. The van der Waals surface area contributed by atoms with Crippen molar-refractivity contribution in [2.75, 3.05) is 0 Å². The van der Waals surface area contributed by atoms with E-state index in [4.69, 9.17) is 5.26 Å². The lowest BCUT2D eigenvalue weighted by molar-refractivity contribution is 1.06. The Morgan fingerprint density at radius 1 is 1.89 bits per heavy atom. The van der Waals surface area contributed by atoms with Gasteiger partial charge in [-0.1, -0.05) is 11.8 Å². The van der Waals surface area contributed by atoms with Crippen LogP contribution in [0.3, 0.4) is 0 Å². The van der Waals surface area contributed by atoms with Crippen molar-refractivity contribution in [3.8, 4) is 6.07 Å². The molecule has 46 valence electrons. The molecule has 1 aliphatic heterocycles. The van der Waals surface area contributed by atoms with E-state index in [0.29, 0.717) is 0 Å². The quantitative estimate of drug-likeness (QED) is 0.516. The third-order valence-electron chi connectivity index (χ3n) is 0.879. The minimum atomic E-state index is 0.912. The second kappa shape index (κ2) is 2.60. The molecular weight excluding hydrogens is 132 g/mol. The average molecular weight is 138 g/mol. The van der Waals surface area contributed by atoms with Crippen molar-refractivity contribution in [3.63, 3.8) is 0 Å². The molecule has 0 fully saturated rings. The lowest BCUT2D eigenvalue weighted by atomic mass is 10.5. The van der Waals surface area contributed by atoms with Crippen molar-refractivity contribution in [1.82, 2.24) is 5.32 Å². The summed E-state index contributed by atoms with van der Waals surface area (Å²) in [6.07, 6.45) is 1.50. The van der Waals surface area contributed by atoms with E-state index in [1.54, 1.807) is 11.8 Å². The minimum Gasteiger partial charge on any atom is -0.353 e. The van der Waals surface area contributed by atoms with E-state index in [2.05, 4.69) is 5.32 Å². The van der Waals surface area contributed by atoms with Crippen LogP contribution in [0.1, 0.15) is 6.92 Å². The fourth-order valence-corrected chi connectivity index (χ4v) is 1.24. The van der Waals surface area contributed by atoms with Crippen LogP contribution in [0, 0.1) is 11.3 Å². The fraction of sp³-hybridized carbons (Fsp3) is 0.167. The number of allylic oxidation sites excluding steroid dienone is 2. The minimum absolute atomic E-state index is 0.912. The van der Waals surface area contributed by atoms with Crippen LogP contribution in [0.25, 0.3) is 0 Å². The predicted molar refractivity (Wildman–Crippen MR) is 38.2 cm³/mol. The number of thioether (sulfide) groups is 1. The summed E-state index contributed by atoms with van der Waals surface area (Å²) in [4.78, 5) is 0. The maximum atomic E-state index is 8.21. The van der Waals surface area contributed by atoms with Crippen LogP contribution in [-0.2, 0) is 0 Å². The smallest absolute Gasteiger partial charge is 0.0939 e. The van der Waals surface area contributed by atoms with E-state index in [-0.39, 0.29) is 0 Å². The highest BCUT2D eigenvalue weighted by molar-refractivity contribution is 8.06. The number of rotatable bonds is 0. The molecule has 0 radical (unpaired) electrons. The first-order valence-corrected chi connectivity index (χ1v) is 3.41. The standard InChI is InChI=1S/C6H6N2S/c1-5-4-9-6(8-5)2-3-7/h2,4,8H,1H3/b6-2-. The molecule has 0 aliphatic carbocycles. The molecule has 0 spiro atoms. The van der Waals surface area contributed by atoms with Gasteiger partial charge in [-0.05, 0) is 12.3 Å². The summed E-state index contributed by atoms with van der Waals surface area (Å²) >= 11 is 1.54. The first-order chi connectivity index (χ1) is 4.33. The Morgan fingerprint density at radius 3 is 3.11 bits per heavy atom. The van der Waals surface area contributed by atoms with Crippen molar-refractivity contribution in [2.24, 2.45) is 0 Å². The molecule has 0 saturated carbocycles. The van der Waals surface area contributed by atoms with Gasteiger partial charge in [0.2, 0.25) is 0 Å². The first kappa shape index (κ1) is 6.24. The lowest BCUT2D eigenvalue weighted by Crippen LogP contribution is -2.00. The van der Waals surface area contributed by atoms with Crippen molar-refractivity contribution >= 4 is 11.8 Å². The predicted octanol–water partition coefficient (Wildman–Crippen LogP) is 1.55. The largest absolute Gasteiger partial charge is 0.353 e. The summed E-state index contributed by atoms with van der Waals surface area (Å²) in [5.74, 6) is 0. The molecule has 0 saturated heterocycles. The van der Waals surface area contributed by atoms with Gasteiger partial charge in [0.1, 0.15) is 0 Å². The molecule has 1 N–H and O–H groups in total. The van der Waals surface area contributed by atoms with Gasteiger partial charge < -0.3 is 5.32 Å². The Kier molecular flexibility index (Phi) is 1.81. The average Bonchev–Trinajstić information content (AvgIpc) is 2.17. The molecule has 0 amide bonds. The van der Waals surface area contributed by atoms with Crippen LogP contribution in [0.2, 0.25) is 0 Å². The number of nitrogens with zero attached hydrogens (tertiary/aromatic N) is 1. The molecule has 0 bridgehead atoms. The molecule has 0 aromatic rings. The van der Waals surface area contributed by atoms with E-state index in [1.165, 1.54) is 6.08 Å². The Bertz CT molecular complexity index is 210. The van der Waals surface area contributed by atoms with E-state index < -0.39 is 0 Å². The second-order valence-electron chi connectivity index (χ2n) is 1.68. The van der Waals surface area contributed by atoms with Crippen molar-refractivity contribution in [3.05, 3.63) is 22.2 Å². The molecule has 1 aliphatic rings. The highest BCUT2D eigenvalue weighted by Gasteiger charge is 2.02. The van der Waals surface area contributed by atoms with Crippen LogP contribution in [0.5, 0.6) is 0 Å². The van der Waals surface area contributed by atoms with Crippen molar-refractivity contribution in [1.29, 1.82) is 5.26 Å². The zero-order valence-corrected chi connectivity index (χ0v) is 5.83. The Labute approximate surface area is 58.2 Å². The summed E-state index contributed by atoms with van der Waals surface area (Å²) in [7, 11) is 0. The van der Waals surface area contributed by atoms with Crippen LogP contribution in [0.15, 0.2) is 22.2 Å². The molecule has 0 aromatic carbocycles. The Balaban J connectivity index is 2.58. The topological polar surface area (TPSA) is 35.8 Å². The number of nitriles is 1. The summed E-state index contributed by atoms with van der Waals surface area (Å²) in [6, 6.07) is 1.95. The van der Waals surface area contributed by atoms with Gasteiger partial charge in [0.15, 0.2) is 0 Å². The number of nitrogens with one attached hydrogen (secondary N) is 1. The molecule has 9 heavy (non-hydrogen) atoms. The van der Waals surface area contributed by atoms with E-state index in [1.807, 2.05) is 18.4 Å². The van der Waals surface area contributed by atoms with Crippen molar-refractivity contribution in [2.45, 2.75) is 6.92 Å². The van der Waals surface area contributed by atoms with E-state index in [0.717, 1.165) is 10.7 Å². The van der Waals surface area contributed by atoms with E-state index >= 15 is 0 Å². The highest BCUT2D eigenvalue weighted by Crippen LogP contribution is 2.22. The number of hydrogen-bond acceptors (Lipinski definition) is 3. The zero-order valence-electron chi connectivity index (χ0n) is 5.01. The van der Waals surface area contributed by atoms with Crippen LogP contribution < -0.4 is 5.32 Å². The van der Waals surface area contributed by atoms with Gasteiger partial charge in [-0.15, -0.1) is 0 Å². The van der Waals surface area contributed by atoms with Crippen LogP contribution in [-0.4, -0.2) is 0 Å². The van der Waals surface area contributed by atoms with Crippen molar-refractivity contribution < 1.29 is 0 Å².